The number of benzene rings is 1. The topological polar surface area (TPSA) is 102 Å². The van der Waals surface area contributed by atoms with Crippen LogP contribution < -0.4 is 14.2 Å². The largest absolute Gasteiger partial charge is 0.490 e. The number of rotatable bonds is 13. The molecule has 0 unspecified atom stereocenters. The number of carboxylic acid groups (broad SMARTS) is 2. The van der Waals surface area contributed by atoms with Gasteiger partial charge < -0.3 is 24.4 Å². The normalized spacial score (nSPS) is 10.5. The Balaban J connectivity index is 3.76. The average Bonchev–Trinajstić information content (AvgIpc) is 2.62. The van der Waals surface area contributed by atoms with Gasteiger partial charge in [0.15, 0.2) is 11.5 Å². The molecule has 0 radical (unpaired) electrons. The summed E-state index contributed by atoms with van der Waals surface area (Å²) < 4.78 is 17.3. The molecule has 7 nitrogen and oxygen atoms in total. The van der Waals surface area contributed by atoms with Gasteiger partial charge in [0.1, 0.15) is 5.56 Å². The van der Waals surface area contributed by atoms with Crippen molar-refractivity contribution in [3.8, 4) is 17.2 Å². The molecule has 0 fully saturated rings. The van der Waals surface area contributed by atoms with E-state index in [-0.39, 0.29) is 48.0 Å². The van der Waals surface area contributed by atoms with Crippen molar-refractivity contribution in [2.45, 2.75) is 59.8 Å². The Bertz CT molecular complexity index is 652. The van der Waals surface area contributed by atoms with Crippen molar-refractivity contribution in [3.05, 3.63) is 16.7 Å². The number of ether oxygens (including phenoxy) is 3. The molecule has 1 aromatic rings. The van der Waals surface area contributed by atoms with Crippen LogP contribution in [-0.2, 0) is 6.42 Å². The predicted octanol–water partition coefficient (Wildman–Crippen LogP) is 4.40. The third-order valence-electron chi connectivity index (χ3n) is 4.02. The Labute approximate surface area is 160 Å². The molecule has 152 valence electrons. The molecule has 2 N–H and O–H groups in total. The zero-order valence-corrected chi connectivity index (χ0v) is 16.6. The van der Waals surface area contributed by atoms with Gasteiger partial charge in [0.05, 0.1) is 25.4 Å². The number of carboxylic acids is 2. The highest BCUT2D eigenvalue weighted by atomic mass is 16.5. The summed E-state index contributed by atoms with van der Waals surface area (Å²) in [5, 5.41) is 19.5. The van der Waals surface area contributed by atoms with E-state index in [2.05, 4.69) is 0 Å². The number of hydrogen-bond acceptors (Lipinski definition) is 5. The summed E-state index contributed by atoms with van der Waals surface area (Å²) in [6, 6.07) is 0. The fourth-order valence-electron chi connectivity index (χ4n) is 2.71. The molecule has 0 heterocycles. The number of hydrogen-bond donors (Lipinski definition) is 2. The molecule has 0 aliphatic carbocycles. The van der Waals surface area contributed by atoms with E-state index in [0.29, 0.717) is 18.6 Å². The van der Waals surface area contributed by atoms with Crippen molar-refractivity contribution in [3.63, 3.8) is 0 Å². The highest BCUT2D eigenvalue weighted by molar-refractivity contribution is 6.06. The Hall–Kier alpha value is -2.44. The highest BCUT2D eigenvalue weighted by Crippen LogP contribution is 2.46. The molecule has 1 rings (SSSR count). The van der Waals surface area contributed by atoms with Crippen molar-refractivity contribution in [2.75, 3.05) is 19.8 Å². The zero-order chi connectivity index (χ0) is 20.4. The molecule has 0 atom stereocenters. The third-order valence-corrected chi connectivity index (χ3v) is 4.02. The summed E-state index contributed by atoms with van der Waals surface area (Å²) >= 11 is 0. The van der Waals surface area contributed by atoms with Crippen LogP contribution >= 0.6 is 0 Å². The molecule has 0 saturated heterocycles. The van der Waals surface area contributed by atoms with Gasteiger partial charge in [-0.3, -0.25) is 0 Å². The van der Waals surface area contributed by atoms with Gasteiger partial charge in [0.2, 0.25) is 5.75 Å². The fraction of sp³-hybridized carbons (Fsp3) is 0.600. The average molecular weight is 382 g/mol. The van der Waals surface area contributed by atoms with E-state index in [9.17, 15) is 19.8 Å². The van der Waals surface area contributed by atoms with Crippen LogP contribution in [0, 0.1) is 0 Å². The number of unbranched alkanes of at least 4 members (excludes halogenated alkanes) is 2. The molecule has 0 saturated carbocycles. The van der Waals surface area contributed by atoms with Crippen molar-refractivity contribution in [1.29, 1.82) is 0 Å². The monoisotopic (exact) mass is 382 g/mol. The first-order valence-electron chi connectivity index (χ1n) is 9.52. The summed E-state index contributed by atoms with van der Waals surface area (Å²) in [6.07, 6.45) is 3.51. The number of aromatic carboxylic acids is 2. The van der Waals surface area contributed by atoms with Crippen molar-refractivity contribution >= 4 is 11.9 Å². The minimum Gasteiger partial charge on any atom is -0.490 e. The lowest BCUT2D eigenvalue weighted by Gasteiger charge is -2.23. The van der Waals surface area contributed by atoms with Crippen LogP contribution in [0.25, 0.3) is 0 Å². The first-order chi connectivity index (χ1) is 12.9. The van der Waals surface area contributed by atoms with Gasteiger partial charge in [0, 0.05) is 5.56 Å². The smallest absolute Gasteiger partial charge is 0.340 e. The molecule has 0 spiro atoms. The van der Waals surface area contributed by atoms with Crippen LogP contribution in [0.2, 0.25) is 0 Å². The Morgan fingerprint density at radius 3 is 1.67 bits per heavy atom. The van der Waals surface area contributed by atoms with Gasteiger partial charge in [-0.25, -0.2) is 9.59 Å². The summed E-state index contributed by atoms with van der Waals surface area (Å²) in [5.74, 6) is -2.32. The van der Waals surface area contributed by atoms with Crippen LogP contribution in [0.15, 0.2) is 0 Å². The molecular formula is C20H30O7. The summed E-state index contributed by atoms with van der Waals surface area (Å²) in [7, 11) is 0. The molecule has 27 heavy (non-hydrogen) atoms. The van der Waals surface area contributed by atoms with Gasteiger partial charge in [-0.1, -0.05) is 33.6 Å². The van der Waals surface area contributed by atoms with Crippen LogP contribution in [0.4, 0.5) is 0 Å². The van der Waals surface area contributed by atoms with E-state index in [1.807, 2.05) is 13.8 Å². The zero-order valence-electron chi connectivity index (χ0n) is 16.6. The summed E-state index contributed by atoms with van der Waals surface area (Å²) in [4.78, 5) is 23.9. The molecule has 0 bridgehead atoms. The predicted molar refractivity (Wildman–Crippen MR) is 102 cm³/mol. The van der Waals surface area contributed by atoms with Crippen LogP contribution in [0.5, 0.6) is 17.2 Å². The molecule has 0 aromatic heterocycles. The maximum Gasteiger partial charge on any atom is 0.340 e. The lowest BCUT2D eigenvalue weighted by Crippen LogP contribution is -2.18. The lowest BCUT2D eigenvalue weighted by atomic mass is 9.95. The highest BCUT2D eigenvalue weighted by Gasteiger charge is 2.33. The third kappa shape index (κ3) is 5.52. The van der Waals surface area contributed by atoms with E-state index < -0.39 is 11.9 Å². The SMILES string of the molecule is CCCCOc1c(OCC)c(CC)c(C(=O)O)c(C(=O)O)c1OCCCC. The van der Waals surface area contributed by atoms with Gasteiger partial charge in [-0.05, 0) is 26.2 Å². The van der Waals surface area contributed by atoms with Crippen molar-refractivity contribution in [1.82, 2.24) is 0 Å². The van der Waals surface area contributed by atoms with Crippen LogP contribution in [0.3, 0.4) is 0 Å². The molecular weight excluding hydrogens is 352 g/mol. The van der Waals surface area contributed by atoms with Gasteiger partial charge in [0.25, 0.3) is 0 Å². The lowest BCUT2D eigenvalue weighted by molar-refractivity contribution is 0.0644. The maximum atomic E-state index is 12.0. The molecule has 0 aliphatic rings. The minimum atomic E-state index is -1.36. The van der Waals surface area contributed by atoms with Crippen molar-refractivity contribution in [2.24, 2.45) is 0 Å². The standard InChI is InChI=1S/C20H30O7/c1-5-9-11-26-17-15(20(23)24)14(19(21)22)13(7-3)16(25-8-4)18(17)27-12-10-6-2/h5-12H2,1-4H3,(H,21,22)(H,23,24). The van der Waals surface area contributed by atoms with Gasteiger partial charge >= 0.3 is 11.9 Å². The Kier molecular flexibility index (Phi) is 9.47. The van der Waals surface area contributed by atoms with E-state index in [0.717, 1.165) is 19.3 Å². The molecule has 0 aliphatic heterocycles. The quantitative estimate of drug-likeness (QED) is 0.487. The van der Waals surface area contributed by atoms with E-state index in [4.69, 9.17) is 14.2 Å². The Morgan fingerprint density at radius 2 is 1.26 bits per heavy atom. The summed E-state index contributed by atoms with van der Waals surface area (Å²) in [6.45, 7) is 8.43. The second kappa shape index (κ2) is 11.3. The van der Waals surface area contributed by atoms with E-state index in [1.54, 1.807) is 13.8 Å². The second-order valence-corrected chi connectivity index (χ2v) is 6.02. The molecule has 7 heteroatoms. The maximum absolute atomic E-state index is 12.0. The fourth-order valence-corrected chi connectivity index (χ4v) is 2.71. The number of carbonyl (C=O) groups is 2. The minimum absolute atomic E-state index is 0.0647. The summed E-state index contributed by atoms with van der Waals surface area (Å²) in [5.41, 5.74) is -0.385. The van der Waals surface area contributed by atoms with Crippen molar-refractivity contribution < 1.29 is 34.0 Å². The van der Waals surface area contributed by atoms with Crippen LogP contribution in [-0.4, -0.2) is 42.0 Å². The second-order valence-electron chi connectivity index (χ2n) is 6.02. The van der Waals surface area contributed by atoms with Gasteiger partial charge in [-0.2, -0.15) is 0 Å². The van der Waals surface area contributed by atoms with Crippen LogP contribution in [0.1, 0.15) is 79.7 Å². The van der Waals surface area contributed by atoms with Gasteiger partial charge in [-0.15, -0.1) is 0 Å². The van der Waals surface area contributed by atoms with E-state index >= 15 is 0 Å². The Morgan fingerprint density at radius 1 is 0.741 bits per heavy atom. The molecule has 1 aromatic carbocycles. The van der Waals surface area contributed by atoms with E-state index in [1.165, 1.54) is 0 Å². The first kappa shape index (κ1) is 22.6. The first-order valence-corrected chi connectivity index (χ1v) is 9.52. The molecule has 0 amide bonds.